The third-order valence-corrected chi connectivity index (χ3v) is 6.65. The number of benzene rings is 1. The lowest BCUT2D eigenvalue weighted by molar-refractivity contribution is 0.204. The Morgan fingerprint density at radius 3 is 2.28 bits per heavy atom. The molecule has 1 aliphatic rings. The van der Waals surface area contributed by atoms with Crippen LogP contribution in [-0.2, 0) is 10.0 Å². The molecule has 1 aromatic rings. The SMILES string of the molecule is C[C@@H]1CCC[C@H](C)N1S(=O)(=O)c1ccccc1Br. The summed E-state index contributed by atoms with van der Waals surface area (Å²) in [6, 6.07) is 7.17. The van der Waals surface area contributed by atoms with E-state index >= 15 is 0 Å². The van der Waals surface area contributed by atoms with E-state index in [2.05, 4.69) is 15.9 Å². The molecule has 1 heterocycles. The first-order chi connectivity index (χ1) is 8.44. The van der Waals surface area contributed by atoms with Gasteiger partial charge in [0.05, 0.1) is 4.90 Å². The Morgan fingerprint density at radius 2 is 1.72 bits per heavy atom. The van der Waals surface area contributed by atoms with E-state index in [-0.39, 0.29) is 12.1 Å². The normalized spacial score (nSPS) is 26.2. The van der Waals surface area contributed by atoms with Crippen molar-refractivity contribution in [2.24, 2.45) is 0 Å². The van der Waals surface area contributed by atoms with E-state index in [1.807, 2.05) is 19.9 Å². The molecule has 0 aromatic heterocycles. The van der Waals surface area contributed by atoms with Crippen LogP contribution < -0.4 is 0 Å². The molecule has 0 spiro atoms. The van der Waals surface area contributed by atoms with Crippen LogP contribution in [0.1, 0.15) is 33.1 Å². The summed E-state index contributed by atoms with van der Waals surface area (Å²) in [5.74, 6) is 0. The smallest absolute Gasteiger partial charge is 0.207 e. The average molecular weight is 332 g/mol. The molecule has 3 nitrogen and oxygen atoms in total. The van der Waals surface area contributed by atoms with E-state index in [1.54, 1.807) is 22.5 Å². The van der Waals surface area contributed by atoms with Crippen LogP contribution in [0.4, 0.5) is 0 Å². The summed E-state index contributed by atoms with van der Waals surface area (Å²) in [7, 11) is -3.40. The molecular weight excluding hydrogens is 314 g/mol. The zero-order valence-corrected chi connectivity index (χ0v) is 13.0. The van der Waals surface area contributed by atoms with Gasteiger partial charge in [-0.3, -0.25) is 0 Å². The number of hydrogen-bond acceptors (Lipinski definition) is 2. The molecule has 0 saturated carbocycles. The number of sulfonamides is 1. The van der Waals surface area contributed by atoms with Gasteiger partial charge in [0.2, 0.25) is 10.0 Å². The number of halogens is 1. The van der Waals surface area contributed by atoms with E-state index in [0.717, 1.165) is 19.3 Å². The van der Waals surface area contributed by atoms with Gasteiger partial charge < -0.3 is 0 Å². The lowest BCUT2D eigenvalue weighted by atomic mass is 10.0. The Hall–Kier alpha value is -0.390. The van der Waals surface area contributed by atoms with Crippen LogP contribution in [-0.4, -0.2) is 24.8 Å². The lowest BCUT2D eigenvalue weighted by Crippen LogP contribution is -2.47. The minimum atomic E-state index is -3.40. The molecule has 0 unspecified atom stereocenters. The molecule has 2 atom stereocenters. The number of piperidine rings is 1. The summed E-state index contributed by atoms with van der Waals surface area (Å²) in [5, 5.41) is 0. The van der Waals surface area contributed by atoms with Gasteiger partial charge in [-0.15, -0.1) is 0 Å². The fourth-order valence-corrected chi connectivity index (χ4v) is 5.49. The minimum Gasteiger partial charge on any atom is -0.207 e. The maximum absolute atomic E-state index is 12.7. The highest BCUT2D eigenvalue weighted by Crippen LogP contribution is 2.32. The number of nitrogens with zero attached hydrogens (tertiary/aromatic N) is 1. The van der Waals surface area contributed by atoms with Crippen LogP contribution in [0.25, 0.3) is 0 Å². The lowest BCUT2D eigenvalue weighted by Gasteiger charge is -2.37. The molecule has 18 heavy (non-hydrogen) atoms. The highest BCUT2D eigenvalue weighted by molar-refractivity contribution is 9.10. The first-order valence-corrected chi connectivity index (χ1v) is 8.46. The van der Waals surface area contributed by atoms with E-state index in [4.69, 9.17) is 0 Å². The van der Waals surface area contributed by atoms with Crippen LogP contribution in [0.15, 0.2) is 33.6 Å². The topological polar surface area (TPSA) is 37.4 Å². The van der Waals surface area contributed by atoms with Gasteiger partial charge in [0.1, 0.15) is 0 Å². The summed E-state index contributed by atoms with van der Waals surface area (Å²) >= 11 is 3.33. The van der Waals surface area contributed by atoms with Gasteiger partial charge in [-0.25, -0.2) is 8.42 Å². The Morgan fingerprint density at radius 1 is 1.17 bits per heavy atom. The average Bonchev–Trinajstić information content (AvgIpc) is 2.28. The molecule has 1 aliphatic heterocycles. The fraction of sp³-hybridized carbons (Fsp3) is 0.538. The summed E-state index contributed by atoms with van der Waals surface area (Å²) in [6.45, 7) is 3.98. The Kier molecular flexibility index (Phi) is 4.14. The molecule has 0 aliphatic carbocycles. The van der Waals surface area contributed by atoms with E-state index in [9.17, 15) is 8.42 Å². The van der Waals surface area contributed by atoms with Crippen molar-refractivity contribution in [3.63, 3.8) is 0 Å². The maximum atomic E-state index is 12.7. The summed E-state index contributed by atoms with van der Waals surface area (Å²) in [4.78, 5) is 0.366. The Bertz CT molecular complexity index is 520. The third-order valence-electron chi connectivity index (χ3n) is 3.50. The fourth-order valence-electron chi connectivity index (χ4n) is 2.64. The van der Waals surface area contributed by atoms with Crippen LogP contribution in [0, 0.1) is 0 Å². The van der Waals surface area contributed by atoms with Crippen molar-refractivity contribution < 1.29 is 8.42 Å². The first kappa shape index (κ1) is 14.0. The van der Waals surface area contributed by atoms with Crippen molar-refractivity contribution in [1.29, 1.82) is 0 Å². The van der Waals surface area contributed by atoms with E-state index < -0.39 is 10.0 Å². The third kappa shape index (κ3) is 2.49. The quantitative estimate of drug-likeness (QED) is 0.832. The second-order valence-corrected chi connectivity index (χ2v) is 7.56. The summed E-state index contributed by atoms with van der Waals surface area (Å²) < 4.78 is 27.7. The molecule has 0 amide bonds. The predicted molar refractivity (Wildman–Crippen MR) is 75.9 cm³/mol. The molecular formula is C13H18BrNO2S. The van der Waals surface area contributed by atoms with Crippen molar-refractivity contribution >= 4 is 26.0 Å². The van der Waals surface area contributed by atoms with Crippen molar-refractivity contribution in [2.45, 2.75) is 50.1 Å². The molecule has 5 heteroatoms. The first-order valence-electron chi connectivity index (χ1n) is 6.22. The van der Waals surface area contributed by atoms with Crippen molar-refractivity contribution in [3.05, 3.63) is 28.7 Å². The maximum Gasteiger partial charge on any atom is 0.244 e. The zero-order valence-electron chi connectivity index (χ0n) is 10.6. The predicted octanol–water partition coefficient (Wildman–Crippen LogP) is 3.40. The van der Waals surface area contributed by atoms with Crippen molar-refractivity contribution in [3.8, 4) is 0 Å². The van der Waals surface area contributed by atoms with Crippen molar-refractivity contribution in [2.75, 3.05) is 0 Å². The van der Waals surface area contributed by atoms with Gasteiger partial charge >= 0.3 is 0 Å². The number of rotatable bonds is 2. The van der Waals surface area contributed by atoms with Gasteiger partial charge in [0, 0.05) is 16.6 Å². The second-order valence-electron chi connectivity index (χ2n) is 4.89. The number of hydrogen-bond donors (Lipinski definition) is 0. The van der Waals surface area contributed by atoms with Crippen LogP contribution in [0.3, 0.4) is 0 Å². The van der Waals surface area contributed by atoms with Crippen LogP contribution >= 0.6 is 15.9 Å². The zero-order chi connectivity index (χ0) is 13.3. The molecule has 100 valence electrons. The van der Waals surface area contributed by atoms with Gasteiger partial charge in [-0.1, -0.05) is 18.6 Å². The summed E-state index contributed by atoms with van der Waals surface area (Å²) in [6.07, 6.45) is 2.98. The molecule has 1 saturated heterocycles. The highest BCUT2D eigenvalue weighted by Gasteiger charge is 2.36. The van der Waals surface area contributed by atoms with Gasteiger partial charge in [0.15, 0.2) is 0 Å². The summed E-state index contributed by atoms with van der Waals surface area (Å²) in [5.41, 5.74) is 0. The molecule has 1 aromatic carbocycles. The molecule has 0 radical (unpaired) electrons. The van der Waals surface area contributed by atoms with Gasteiger partial charge in [-0.2, -0.15) is 4.31 Å². The largest absolute Gasteiger partial charge is 0.244 e. The van der Waals surface area contributed by atoms with Gasteiger partial charge in [-0.05, 0) is 54.8 Å². The minimum absolute atomic E-state index is 0.0749. The monoisotopic (exact) mass is 331 g/mol. The molecule has 0 N–H and O–H groups in total. The second kappa shape index (κ2) is 5.31. The standard InChI is InChI=1S/C13H18BrNO2S/c1-10-6-5-7-11(2)15(10)18(16,17)13-9-4-3-8-12(13)14/h3-4,8-11H,5-7H2,1-2H3/t10-,11+. The van der Waals surface area contributed by atoms with E-state index in [0.29, 0.717) is 9.37 Å². The van der Waals surface area contributed by atoms with Crippen LogP contribution in [0.5, 0.6) is 0 Å². The van der Waals surface area contributed by atoms with E-state index in [1.165, 1.54) is 0 Å². The molecule has 2 rings (SSSR count). The highest BCUT2D eigenvalue weighted by atomic mass is 79.9. The van der Waals surface area contributed by atoms with Crippen LogP contribution in [0.2, 0.25) is 0 Å². The Labute approximate surface area is 117 Å². The Balaban J connectivity index is 2.45. The van der Waals surface area contributed by atoms with Gasteiger partial charge in [0.25, 0.3) is 0 Å². The molecule has 0 bridgehead atoms. The van der Waals surface area contributed by atoms with Crippen molar-refractivity contribution in [1.82, 2.24) is 4.31 Å². The molecule has 1 fully saturated rings.